The van der Waals surface area contributed by atoms with E-state index in [-0.39, 0.29) is 30.1 Å². The summed E-state index contributed by atoms with van der Waals surface area (Å²) in [6, 6.07) is 6.09. The zero-order chi connectivity index (χ0) is 13.1. The van der Waals surface area contributed by atoms with E-state index in [1.807, 2.05) is 0 Å². The Hall–Kier alpha value is -2.01. The summed E-state index contributed by atoms with van der Waals surface area (Å²) in [4.78, 5) is 11.8. The largest absolute Gasteiger partial charge is 0.457 e. The summed E-state index contributed by atoms with van der Waals surface area (Å²) < 4.78 is 31.1. The van der Waals surface area contributed by atoms with Gasteiger partial charge in [-0.1, -0.05) is 0 Å². The Morgan fingerprint density at radius 2 is 1.83 bits per heavy atom. The van der Waals surface area contributed by atoms with E-state index in [0.717, 1.165) is 18.2 Å². The molecule has 94 valence electrons. The van der Waals surface area contributed by atoms with Crippen molar-refractivity contribution in [3.8, 4) is 0 Å². The number of Topliss-reactive ketones (excluding diaryl/α,β-unsaturated/α-hetero) is 1. The molecule has 1 aromatic heterocycles. The molecule has 0 aliphatic heterocycles. The summed E-state index contributed by atoms with van der Waals surface area (Å²) in [7, 11) is 0. The van der Waals surface area contributed by atoms with Crippen LogP contribution in [0.3, 0.4) is 0 Å². The van der Waals surface area contributed by atoms with Gasteiger partial charge < -0.3 is 10.2 Å². The van der Waals surface area contributed by atoms with Crippen molar-refractivity contribution >= 4 is 5.78 Å². The predicted octanol–water partition coefficient (Wildman–Crippen LogP) is 2.44. The summed E-state index contributed by atoms with van der Waals surface area (Å²) in [6.45, 7) is 0.196. The zero-order valence-corrected chi connectivity index (χ0v) is 9.45. The fraction of sp³-hybridized carbons (Fsp3) is 0.154. The first-order chi connectivity index (χ1) is 8.58. The Kier molecular flexibility index (Phi) is 3.53. The van der Waals surface area contributed by atoms with Crippen molar-refractivity contribution < 1.29 is 18.0 Å². The SMILES string of the molecule is NCc1ccc(C(=O)Cc2cc(F)cc(F)c2)o1. The minimum absolute atomic E-state index is 0.119. The van der Waals surface area contributed by atoms with Crippen molar-refractivity contribution in [2.45, 2.75) is 13.0 Å². The maximum atomic E-state index is 12.9. The highest BCUT2D eigenvalue weighted by atomic mass is 19.1. The lowest BCUT2D eigenvalue weighted by Crippen LogP contribution is -2.03. The van der Waals surface area contributed by atoms with Gasteiger partial charge in [-0.2, -0.15) is 0 Å². The molecule has 0 saturated carbocycles. The molecule has 18 heavy (non-hydrogen) atoms. The second-order valence-electron chi connectivity index (χ2n) is 3.85. The van der Waals surface area contributed by atoms with Crippen molar-refractivity contribution in [3.63, 3.8) is 0 Å². The van der Waals surface area contributed by atoms with E-state index in [1.165, 1.54) is 6.07 Å². The molecule has 2 aromatic rings. The van der Waals surface area contributed by atoms with Gasteiger partial charge in [-0.3, -0.25) is 4.79 Å². The number of furan rings is 1. The van der Waals surface area contributed by atoms with Gasteiger partial charge in [-0.25, -0.2) is 8.78 Å². The zero-order valence-electron chi connectivity index (χ0n) is 9.45. The quantitative estimate of drug-likeness (QED) is 0.849. The highest BCUT2D eigenvalue weighted by Gasteiger charge is 2.12. The number of nitrogens with two attached hydrogens (primary N) is 1. The Bertz CT molecular complexity index is 558. The number of ketones is 1. The smallest absolute Gasteiger partial charge is 0.202 e. The van der Waals surface area contributed by atoms with Gasteiger partial charge in [0.05, 0.1) is 6.54 Å². The minimum Gasteiger partial charge on any atom is -0.457 e. The molecule has 0 aliphatic rings. The molecular formula is C13H11F2NO2. The van der Waals surface area contributed by atoms with E-state index in [1.54, 1.807) is 6.07 Å². The maximum absolute atomic E-state index is 12.9. The van der Waals surface area contributed by atoms with Gasteiger partial charge >= 0.3 is 0 Å². The predicted molar refractivity (Wildman–Crippen MR) is 61.0 cm³/mol. The first-order valence-corrected chi connectivity index (χ1v) is 5.35. The maximum Gasteiger partial charge on any atom is 0.202 e. The Morgan fingerprint density at radius 1 is 1.17 bits per heavy atom. The Balaban J connectivity index is 2.15. The van der Waals surface area contributed by atoms with Crippen LogP contribution in [-0.2, 0) is 13.0 Å². The monoisotopic (exact) mass is 251 g/mol. The van der Waals surface area contributed by atoms with E-state index in [4.69, 9.17) is 10.2 Å². The van der Waals surface area contributed by atoms with Gasteiger partial charge in [-0.05, 0) is 29.8 Å². The Morgan fingerprint density at radius 3 is 2.39 bits per heavy atom. The molecular weight excluding hydrogens is 240 g/mol. The fourth-order valence-corrected chi connectivity index (χ4v) is 1.62. The molecule has 0 saturated heterocycles. The van der Waals surface area contributed by atoms with Crippen LogP contribution >= 0.6 is 0 Å². The van der Waals surface area contributed by atoms with Gasteiger partial charge in [0.2, 0.25) is 5.78 Å². The van der Waals surface area contributed by atoms with E-state index in [9.17, 15) is 13.6 Å². The number of hydrogen-bond acceptors (Lipinski definition) is 3. The van der Waals surface area contributed by atoms with E-state index in [0.29, 0.717) is 5.76 Å². The molecule has 0 radical (unpaired) electrons. The first kappa shape index (κ1) is 12.4. The topological polar surface area (TPSA) is 56.2 Å². The van der Waals surface area contributed by atoms with Gasteiger partial charge in [0.15, 0.2) is 5.76 Å². The van der Waals surface area contributed by atoms with Crippen molar-refractivity contribution in [1.29, 1.82) is 0 Å². The third-order valence-corrected chi connectivity index (χ3v) is 2.42. The standard InChI is InChI=1S/C13H11F2NO2/c14-9-3-8(4-10(15)6-9)5-12(17)13-2-1-11(7-16)18-13/h1-4,6H,5,7,16H2. The fourth-order valence-electron chi connectivity index (χ4n) is 1.62. The second kappa shape index (κ2) is 5.10. The minimum atomic E-state index is -0.708. The van der Waals surface area contributed by atoms with E-state index < -0.39 is 11.6 Å². The van der Waals surface area contributed by atoms with Crippen LogP contribution in [0.4, 0.5) is 8.78 Å². The molecule has 1 heterocycles. The molecule has 0 bridgehead atoms. The van der Waals surface area contributed by atoms with Crippen molar-refractivity contribution in [2.24, 2.45) is 5.73 Å². The van der Waals surface area contributed by atoms with E-state index >= 15 is 0 Å². The van der Waals surface area contributed by atoms with E-state index in [2.05, 4.69) is 0 Å². The van der Waals surface area contributed by atoms with Crippen LogP contribution in [0.2, 0.25) is 0 Å². The van der Waals surface area contributed by atoms with Crippen LogP contribution in [-0.4, -0.2) is 5.78 Å². The lowest BCUT2D eigenvalue weighted by atomic mass is 10.1. The van der Waals surface area contributed by atoms with Gasteiger partial charge in [0.25, 0.3) is 0 Å². The van der Waals surface area contributed by atoms with Gasteiger partial charge in [0.1, 0.15) is 17.4 Å². The summed E-state index contributed by atoms with van der Waals surface area (Å²) in [6.07, 6.45) is -0.119. The normalized spacial score (nSPS) is 10.6. The van der Waals surface area contributed by atoms with Crippen LogP contribution in [0.25, 0.3) is 0 Å². The molecule has 0 atom stereocenters. The van der Waals surface area contributed by atoms with Crippen LogP contribution < -0.4 is 5.73 Å². The number of carbonyl (C=O) groups is 1. The first-order valence-electron chi connectivity index (χ1n) is 5.35. The number of hydrogen-bond donors (Lipinski definition) is 1. The molecule has 1 aromatic carbocycles. The van der Waals surface area contributed by atoms with Crippen LogP contribution in [0.1, 0.15) is 21.9 Å². The van der Waals surface area contributed by atoms with Crippen LogP contribution in [0.15, 0.2) is 34.7 Å². The Labute approximate surface area is 102 Å². The molecule has 2 rings (SSSR count). The lowest BCUT2D eigenvalue weighted by molar-refractivity contribution is 0.0964. The molecule has 2 N–H and O–H groups in total. The number of benzene rings is 1. The third kappa shape index (κ3) is 2.81. The van der Waals surface area contributed by atoms with Crippen LogP contribution in [0, 0.1) is 11.6 Å². The van der Waals surface area contributed by atoms with Crippen molar-refractivity contribution in [2.75, 3.05) is 0 Å². The highest BCUT2D eigenvalue weighted by Crippen LogP contribution is 2.13. The average molecular weight is 251 g/mol. The molecule has 0 amide bonds. The van der Waals surface area contributed by atoms with Crippen LogP contribution in [0.5, 0.6) is 0 Å². The van der Waals surface area contributed by atoms with Gasteiger partial charge in [0, 0.05) is 12.5 Å². The molecule has 0 aliphatic carbocycles. The molecule has 0 spiro atoms. The average Bonchev–Trinajstić information content (AvgIpc) is 2.75. The summed E-state index contributed by atoms with van der Waals surface area (Å²) in [5, 5.41) is 0. The molecule has 5 heteroatoms. The second-order valence-corrected chi connectivity index (χ2v) is 3.85. The third-order valence-electron chi connectivity index (χ3n) is 2.42. The number of carbonyl (C=O) groups excluding carboxylic acids is 1. The molecule has 0 unspecified atom stereocenters. The molecule has 0 fully saturated rings. The number of rotatable bonds is 4. The summed E-state index contributed by atoms with van der Waals surface area (Å²) in [5.74, 6) is -1.14. The number of halogens is 2. The lowest BCUT2D eigenvalue weighted by Gasteiger charge is -2.00. The summed E-state index contributed by atoms with van der Waals surface area (Å²) in [5.41, 5.74) is 5.62. The van der Waals surface area contributed by atoms with Gasteiger partial charge in [-0.15, -0.1) is 0 Å². The summed E-state index contributed by atoms with van der Waals surface area (Å²) >= 11 is 0. The highest BCUT2D eigenvalue weighted by molar-refractivity contribution is 5.95. The van der Waals surface area contributed by atoms with Crippen molar-refractivity contribution in [3.05, 3.63) is 59.1 Å². The molecule has 3 nitrogen and oxygen atoms in total. The van der Waals surface area contributed by atoms with Crippen molar-refractivity contribution in [1.82, 2.24) is 0 Å².